The smallest absolute Gasteiger partial charge is 0.243 e. The Labute approximate surface area is 175 Å². The van der Waals surface area contributed by atoms with Gasteiger partial charge in [0.25, 0.3) is 0 Å². The van der Waals surface area contributed by atoms with Crippen molar-refractivity contribution in [2.75, 3.05) is 41.0 Å². The maximum absolute atomic E-state index is 13.5. The maximum Gasteiger partial charge on any atom is 0.243 e. The molecule has 1 aliphatic heterocycles. The van der Waals surface area contributed by atoms with Crippen LogP contribution in [0.15, 0.2) is 17.0 Å². The van der Waals surface area contributed by atoms with Crippen molar-refractivity contribution in [3.8, 4) is 17.2 Å². The Morgan fingerprint density at radius 1 is 1.00 bits per heavy atom. The number of hydrogen-bond donors (Lipinski definition) is 1. The fraction of sp³-hybridized carbons (Fsp3) is 0.714. The van der Waals surface area contributed by atoms with E-state index in [1.807, 2.05) is 0 Å². The molecule has 0 aliphatic carbocycles. The zero-order chi connectivity index (χ0) is 21.3. The number of rotatable bonds is 12. The van der Waals surface area contributed by atoms with Crippen LogP contribution >= 0.6 is 0 Å². The number of nitrogens with zero attached hydrogens (tertiary/aromatic N) is 1. The van der Waals surface area contributed by atoms with Gasteiger partial charge in [0.15, 0.2) is 11.5 Å². The Balaban J connectivity index is 2.18. The van der Waals surface area contributed by atoms with Gasteiger partial charge in [0.2, 0.25) is 15.8 Å². The monoisotopic (exact) mass is 428 g/mol. The van der Waals surface area contributed by atoms with Gasteiger partial charge in [-0.2, -0.15) is 4.31 Å². The highest BCUT2D eigenvalue weighted by Gasteiger charge is 2.34. The van der Waals surface area contributed by atoms with Gasteiger partial charge in [0.1, 0.15) is 0 Å². The molecular formula is C21H36N2O5S. The van der Waals surface area contributed by atoms with E-state index in [0.29, 0.717) is 36.9 Å². The van der Waals surface area contributed by atoms with Crippen LogP contribution in [0.25, 0.3) is 0 Å². The number of ether oxygens (including phenoxy) is 3. The first-order valence-corrected chi connectivity index (χ1v) is 12.0. The molecule has 8 heteroatoms. The zero-order valence-electron chi connectivity index (χ0n) is 18.2. The Morgan fingerprint density at radius 3 is 2.21 bits per heavy atom. The molecule has 1 saturated heterocycles. The molecule has 166 valence electrons. The van der Waals surface area contributed by atoms with Crippen LogP contribution in [0.3, 0.4) is 0 Å². The van der Waals surface area contributed by atoms with E-state index in [9.17, 15) is 8.42 Å². The van der Waals surface area contributed by atoms with E-state index in [4.69, 9.17) is 14.2 Å². The molecule has 1 fully saturated rings. The normalized spacial score (nSPS) is 17.9. The third-order valence-corrected chi connectivity index (χ3v) is 7.36. The van der Waals surface area contributed by atoms with Crippen molar-refractivity contribution in [3.05, 3.63) is 12.1 Å². The van der Waals surface area contributed by atoms with Crippen molar-refractivity contribution in [1.82, 2.24) is 9.62 Å². The Hall–Kier alpha value is -1.51. The fourth-order valence-electron chi connectivity index (χ4n) is 3.81. The first-order chi connectivity index (χ1) is 14.0. The molecule has 0 spiro atoms. The van der Waals surface area contributed by atoms with Crippen LogP contribution in [0.1, 0.15) is 51.9 Å². The van der Waals surface area contributed by atoms with Crippen molar-refractivity contribution in [2.45, 2.75) is 62.8 Å². The Kier molecular flexibility index (Phi) is 9.52. The van der Waals surface area contributed by atoms with Crippen molar-refractivity contribution in [1.29, 1.82) is 0 Å². The third kappa shape index (κ3) is 5.99. The zero-order valence-corrected chi connectivity index (χ0v) is 19.0. The summed E-state index contributed by atoms with van der Waals surface area (Å²) in [6, 6.07) is 2.99. The van der Waals surface area contributed by atoms with E-state index in [2.05, 4.69) is 12.2 Å². The number of nitrogens with one attached hydrogen (secondary N) is 1. The summed E-state index contributed by atoms with van der Waals surface area (Å²) >= 11 is 0. The van der Waals surface area contributed by atoms with E-state index in [1.165, 1.54) is 59.1 Å². The Bertz CT molecular complexity index is 714. The molecule has 0 saturated carbocycles. The highest BCUT2D eigenvalue weighted by atomic mass is 32.2. The van der Waals surface area contributed by atoms with Crippen LogP contribution < -0.4 is 19.5 Å². The van der Waals surface area contributed by atoms with Crippen LogP contribution in [-0.4, -0.2) is 59.7 Å². The molecule has 1 aliphatic rings. The summed E-state index contributed by atoms with van der Waals surface area (Å²) in [4.78, 5) is 0.168. The van der Waals surface area contributed by atoms with E-state index >= 15 is 0 Å². The minimum Gasteiger partial charge on any atom is -0.493 e. The molecule has 2 rings (SSSR count). The van der Waals surface area contributed by atoms with E-state index in [1.54, 1.807) is 4.31 Å². The van der Waals surface area contributed by atoms with Crippen LogP contribution in [0.2, 0.25) is 0 Å². The lowest BCUT2D eigenvalue weighted by molar-refractivity contribution is 0.250. The van der Waals surface area contributed by atoms with Gasteiger partial charge in [-0.15, -0.1) is 0 Å². The predicted molar refractivity (Wildman–Crippen MR) is 115 cm³/mol. The van der Waals surface area contributed by atoms with Gasteiger partial charge in [-0.25, -0.2) is 8.42 Å². The molecule has 1 atom stereocenters. The van der Waals surface area contributed by atoms with Gasteiger partial charge in [-0.1, -0.05) is 45.4 Å². The number of sulfonamides is 1. The lowest BCUT2D eigenvalue weighted by Gasteiger charge is -2.35. The van der Waals surface area contributed by atoms with Gasteiger partial charge in [0, 0.05) is 37.8 Å². The van der Waals surface area contributed by atoms with Gasteiger partial charge in [0.05, 0.1) is 26.2 Å². The van der Waals surface area contributed by atoms with Crippen LogP contribution in [0, 0.1) is 0 Å². The van der Waals surface area contributed by atoms with Crippen molar-refractivity contribution in [2.24, 2.45) is 0 Å². The highest BCUT2D eigenvalue weighted by Crippen LogP contribution is 2.40. The van der Waals surface area contributed by atoms with Crippen LogP contribution in [-0.2, 0) is 10.0 Å². The quantitative estimate of drug-likeness (QED) is 0.514. The SMILES string of the molecule is CCCCCCCCC1CNCCN1S(=O)(=O)c1cc(OC)c(OC)c(OC)c1. The largest absolute Gasteiger partial charge is 0.493 e. The second-order valence-corrected chi connectivity index (χ2v) is 9.28. The lowest BCUT2D eigenvalue weighted by Crippen LogP contribution is -2.53. The first-order valence-electron chi connectivity index (χ1n) is 10.5. The van der Waals surface area contributed by atoms with E-state index < -0.39 is 10.0 Å². The second kappa shape index (κ2) is 11.6. The van der Waals surface area contributed by atoms with Crippen molar-refractivity contribution < 1.29 is 22.6 Å². The number of hydrogen-bond acceptors (Lipinski definition) is 6. The highest BCUT2D eigenvalue weighted by molar-refractivity contribution is 7.89. The van der Waals surface area contributed by atoms with Crippen molar-refractivity contribution in [3.63, 3.8) is 0 Å². The molecule has 0 radical (unpaired) electrons. The standard InChI is InChI=1S/C21H36N2O5S/c1-5-6-7-8-9-10-11-17-16-22-12-13-23(17)29(24,25)18-14-19(26-2)21(28-4)20(15-18)27-3/h14-15,17,22H,5-13,16H2,1-4H3. The summed E-state index contributed by atoms with van der Waals surface area (Å²) in [6.07, 6.45) is 8.02. The summed E-state index contributed by atoms with van der Waals surface area (Å²) < 4.78 is 44.5. The average molecular weight is 429 g/mol. The second-order valence-electron chi connectivity index (χ2n) is 7.39. The predicted octanol–water partition coefficient (Wildman–Crippen LogP) is 3.43. The number of benzene rings is 1. The number of methoxy groups -OCH3 is 3. The molecular weight excluding hydrogens is 392 g/mol. The summed E-state index contributed by atoms with van der Waals surface area (Å²) in [5.74, 6) is 1.07. The number of piperazine rings is 1. The molecule has 0 bridgehead atoms. The lowest BCUT2D eigenvalue weighted by atomic mass is 10.0. The topological polar surface area (TPSA) is 77.1 Å². The van der Waals surface area contributed by atoms with Gasteiger partial charge in [-0.05, 0) is 6.42 Å². The number of unbranched alkanes of at least 4 members (excludes halogenated alkanes) is 5. The minimum absolute atomic E-state index is 0.0426. The molecule has 29 heavy (non-hydrogen) atoms. The molecule has 0 amide bonds. The fourth-order valence-corrected chi connectivity index (χ4v) is 5.49. The minimum atomic E-state index is -3.67. The van der Waals surface area contributed by atoms with Crippen LogP contribution in [0.4, 0.5) is 0 Å². The summed E-state index contributed by atoms with van der Waals surface area (Å²) in [5, 5.41) is 3.34. The average Bonchev–Trinajstić information content (AvgIpc) is 2.75. The third-order valence-electron chi connectivity index (χ3n) is 5.43. The van der Waals surface area contributed by atoms with Gasteiger partial charge < -0.3 is 19.5 Å². The summed E-state index contributed by atoms with van der Waals surface area (Å²) in [6.45, 7) is 3.99. The van der Waals surface area contributed by atoms with Crippen LogP contribution in [0.5, 0.6) is 17.2 Å². The molecule has 1 unspecified atom stereocenters. The van der Waals surface area contributed by atoms with Crippen molar-refractivity contribution >= 4 is 10.0 Å². The van der Waals surface area contributed by atoms with Gasteiger partial charge in [-0.3, -0.25) is 0 Å². The molecule has 0 aromatic heterocycles. The molecule has 1 N–H and O–H groups in total. The van der Waals surface area contributed by atoms with Gasteiger partial charge >= 0.3 is 0 Å². The summed E-state index contributed by atoms with van der Waals surface area (Å²) in [7, 11) is 0.798. The molecule has 1 heterocycles. The summed E-state index contributed by atoms with van der Waals surface area (Å²) in [5.41, 5.74) is 0. The Morgan fingerprint density at radius 2 is 1.62 bits per heavy atom. The molecule has 1 aromatic rings. The molecule has 1 aromatic carbocycles. The first kappa shape index (κ1) is 23.8. The van der Waals surface area contributed by atoms with E-state index in [-0.39, 0.29) is 10.9 Å². The maximum atomic E-state index is 13.5. The van der Waals surface area contributed by atoms with E-state index in [0.717, 1.165) is 19.3 Å². The molecule has 7 nitrogen and oxygen atoms in total.